The van der Waals surface area contributed by atoms with E-state index < -0.39 is 10.6 Å². The fourth-order valence-electron chi connectivity index (χ4n) is 4.96. The Morgan fingerprint density at radius 3 is 2.45 bits per heavy atom. The van der Waals surface area contributed by atoms with Crippen LogP contribution in [0.15, 0.2) is 18.3 Å². The van der Waals surface area contributed by atoms with E-state index in [9.17, 15) is 19.6 Å². The topological polar surface area (TPSA) is 170 Å². The zero-order chi connectivity index (χ0) is 26.4. The van der Waals surface area contributed by atoms with Crippen molar-refractivity contribution in [1.29, 1.82) is 10.5 Å². The van der Waals surface area contributed by atoms with Crippen LogP contribution in [0.3, 0.4) is 0 Å². The fourth-order valence-corrected chi connectivity index (χ4v) is 6.62. The molecule has 1 aliphatic carbocycles. The van der Waals surface area contributed by atoms with Gasteiger partial charge in [0, 0.05) is 31.2 Å². The molecule has 0 atom stereocenters. The molecule has 1 saturated carbocycles. The lowest BCUT2D eigenvalue weighted by Gasteiger charge is -2.49. The van der Waals surface area contributed by atoms with Crippen LogP contribution < -0.4 is 20.9 Å². The molecule has 1 aromatic carbocycles. The summed E-state index contributed by atoms with van der Waals surface area (Å²) in [6.07, 6.45) is 5.30. The van der Waals surface area contributed by atoms with Crippen LogP contribution in [0.1, 0.15) is 36.9 Å². The minimum absolute atomic E-state index is 0.159. The lowest BCUT2D eigenvalue weighted by atomic mass is 10.0. The molecule has 12 nitrogen and oxygen atoms in total. The highest BCUT2D eigenvalue weighted by Crippen LogP contribution is 2.48. The summed E-state index contributed by atoms with van der Waals surface area (Å²) in [6.45, 7) is 1.49. The Morgan fingerprint density at radius 1 is 1.03 bits per heavy atom. The summed E-state index contributed by atoms with van der Waals surface area (Å²) in [6, 6.07) is 8.53. The van der Waals surface area contributed by atoms with Gasteiger partial charge in [-0.3, -0.25) is 9.11 Å². The number of nitrogens with one attached hydrogen (secondary N) is 3. The Hall–Kier alpha value is -3.33. The molecule has 0 radical (unpaired) electrons. The third kappa shape index (κ3) is 5.04. The van der Waals surface area contributed by atoms with Crippen LogP contribution in [0, 0.1) is 22.7 Å². The predicted molar refractivity (Wildman–Crippen MR) is 146 cm³/mol. The summed E-state index contributed by atoms with van der Waals surface area (Å²) in [7, 11) is -2.36. The Bertz CT molecular complexity index is 1460. The number of anilines is 4. The summed E-state index contributed by atoms with van der Waals surface area (Å²) in [5, 5.41) is 34.2. The largest absolute Gasteiger partial charge is 0.370 e. The zero-order valence-corrected chi connectivity index (χ0v) is 22.0. The Labute approximate surface area is 226 Å². The molecule has 4 heterocycles. The molecule has 0 spiro atoms. The second-order valence-electron chi connectivity index (χ2n) is 10.0. The van der Waals surface area contributed by atoms with E-state index >= 15 is 0 Å². The van der Waals surface area contributed by atoms with E-state index in [4.69, 9.17) is 11.6 Å². The maximum atomic E-state index is 9.71. The number of fused-ring (bicyclic) bond motifs is 1. The van der Waals surface area contributed by atoms with Crippen LogP contribution in [-0.2, 0) is 0 Å². The van der Waals surface area contributed by atoms with Crippen molar-refractivity contribution in [3.05, 3.63) is 34.6 Å². The minimum Gasteiger partial charge on any atom is -0.370 e. The van der Waals surface area contributed by atoms with Gasteiger partial charge in [-0.05, 0) is 37.8 Å². The number of hydrogen-bond donors (Lipinski definition) is 5. The monoisotopic (exact) mass is 554 g/mol. The SMILES string of the molecule is N#Cc1cc(Nc2nc(NC3CC3)c3ncc(C#N)n3n2)c(Cl)c(N2CCC(NC3CS(O)(O)C3)CC2)c1. The number of benzene rings is 1. The number of halogens is 1. The molecule has 3 aromatic rings. The van der Waals surface area contributed by atoms with Crippen LogP contribution in [0.5, 0.6) is 0 Å². The second-order valence-corrected chi connectivity index (χ2v) is 12.7. The van der Waals surface area contributed by atoms with E-state index in [1.54, 1.807) is 12.1 Å². The van der Waals surface area contributed by atoms with Gasteiger partial charge in [0.15, 0.2) is 17.2 Å². The first-order valence-electron chi connectivity index (χ1n) is 12.5. The molecule has 0 amide bonds. The molecule has 5 N–H and O–H groups in total. The maximum absolute atomic E-state index is 9.71. The van der Waals surface area contributed by atoms with Gasteiger partial charge in [-0.2, -0.15) is 30.6 Å². The van der Waals surface area contributed by atoms with Gasteiger partial charge >= 0.3 is 0 Å². The first kappa shape index (κ1) is 25.0. The highest BCUT2D eigenvalue weighted by molar-refractivity contribution is 8.25. The van der Waals surface area contributed by atoms with Crippen molar-refractivity contribution < 1.29 is 9.11 Å². The molecule has 6 rings (SSSR count). The first-order chi connectivity index (χ1) is 18.3. The zero-order valence-electron chi connectivity index (χ0n) is 20.4. The van der Waals surface area contributed by atoms with Gasteiger partial charge in [0.2, 0.25) is 5.95 Å². The number of nitrogens with zero attached hydrogens (tertiary/aromatic N) is 7. The Morgan fingerprint density at radius 2 is 1.79 bits per heavy atom. The normalized spacial score (nSPS) is 20.4. The smallest absolute Gasteiger partial charge is 0.247 e. The highest BCUT2D eigenvalue weighted by atomic mass is 35.5. The molecule has 3 aliphatic rings. The van der Waals surface area contributed by atoms with Gasteiger partial charge in [0.05, 0.1) is 45.7 Å². The molecule has 198 valence electrons. The molecule has 2 aliphatic heterocycles. The van der Waals surface area contributed by atoms with Crippen molar-refractivity contribution in [2.24, 2.45) is 0 Å². The number of nitriles is 2. The number of aromatic nitrogens is 4. The minimum atomic E-state index is -2.36. The number of imidazole rings is 1. The number of rotatable bonds is 7. The van der Waals surface area contributed by atoms with Crippen molar-refractivity contribution >= 4 is 51.0 Å². The number of hydrogen-bond acceptors (Lipinski definition) is 11. The van der Waals surface area contributed by atoms with Crippen molar-refractivity contribution in [2.75, 3.05) is 40.1 Å². The summed E-state index contributed by atoms with van der Waals surface area (Å²) in [5.41, 5.74) is 2.45. The third-order valence-electron chi connectivity index (χ3n) is 7.07. The van der Waals surface area contributed by atoms with E-state index in [2.05, 4.69) is 48.1 Å². The summed E-state index contributed by atoms with van der Waals surface area (Å²) < 4.78 is 20.7. The third-order valence-corrected chi connectivity index (χ3v) is 9.34. The van der Waals surface area contributed by atoms with E-state index in [-0.39, 0.29) is 17.7 Å². The molecule has 2 aromatic heterocycles. The second kappa shape index (κ2) is 9.76. The molecule has 14 heteroatoms. The van der Waals surface area contributed by atoms with Crippen molar-refractivity contribution in [2.45, 2.75) is 43.8 Å². The van der Waals surface area contributed by atoms with Crippen LogP contribution in [0.4, 0.5) is 23.1 Å². The maximum Gasteiger partial charge on any atom is 0.247 e. The Balaban J connectivity index is 1.23. The summed E-state index contributed by atoms with van der Waals surface area (Å²) >= 11 is 6.87. The Kier molecular flexibility index (Phi) is 6.42. The van der Waals surface area contributed by atoms with Crippen LogP contribution in [0.25, 0.3) is 5.65 Å². The lowest BCUT2D eigenvalue weighted by Crippen LogP contribution is -2.54. The highest BCUT2D eigenvalue weighted by Gasteiger charge is 2.35. The van der Waals surface area contributed by atoms with Gasteiger partial charge in [-0.15, -0.1) is 5.10 Å². The average molecular weight is 555 g/mol. The van der Waals surface area contributed by atoms with Gasteiger partial charge in [-0.1, -0.05) is 11.6 Å². The van der Waals surface area contributed by atoms with E-state index in [0.29, 0.717) is 51.3 Å². The van der Waals surface area contributed by atoms with Gasteiger partial charge < -0.3 is 20.9 Å². The molecular weight excluding hydrogens is 528 g/mol. The fraction of sp³-hybridized carbons (Fsp3) is 0.458. The van der Waals surface area contributed by atoms with E-state index in [1.165, 1.54) is 10.7 Å². The quantitative estimate of drug-likeness (QED) is 0.289. The predicted octanol–water partition coefficient (Wildman–Crippen LogP) is 3.53. The lowest BCUT2D eigenvalue weighted by molar-refractivity contribution is 0.358. The van der Waals surface area contributed by atoms with E-state index in [0.717, 1.165) is 44.5 Å². The van der Waals surface area contributed by atoms with Crippen LogP contribution in [-0.4, -0.2) is 71.4 Å². The summed E-state index contributed by atoms with van der Waals surface area (Å²) in [4.78, 5) is 11.1. The number of piperidine rings is 1. The van der Waals surface area contributed by atoms with Gasteiger partial charge in [-0.25, -0.2) is 4.98 Å². The van der Waals surface area contributed by atoms with Crippen LogP contribution >= 0.6 is 22.2 Å². The molecule has 0 unspecified atom stereocenters. The van der Waals surface area contributed by atoms with Crippen molar-refractivity contribution in [3.63, 3.8) is 0 Å². The van der Waals surface area contributed by atoms with Crippen LogP contribution in [0.2, 0.25) is 5.02 Å². The average Bonchev–Trinajstić information content (AvgIpc) is 3.60. The summed E-state index contributed by atoms with van der Waals surface area (Å²) in [5.74, 6) is 1.62. The van der Waals surface area contributed by atoms with Crippen molar-refractivity contribution in [1.82, 2.24) is 24.9 Å². The standard InChI is InChI=1S/C24H27ClN10O2S/c25-21-19(31-24-32-22(30-15-1-2-15)23-28-11-18(10-27)35(23)33-24)7-14(9-26)8-20(21)34-5-3-16(4-6-34)29-17-12-38(36,37)13-17/h7-8,11,15-17,29,36-37H,1-6,12-13H2,(H2,30,31,32,33). The first-order valence-corrected chi connectivity index (χ1v) is 14.8. The molecule has 2 saturated heterocycles. The van der Waals surface area contributed by atoms with Crippen molar-refractivity contribution in [3.8, 4) is 12.1 Å². The molecule has 3 fully saturated rings. The molecule has 0 bridgehead atoms. The van der Waals surface area contributed by atoms with Gasteiger partial charge in [0.1, 0.15) is 6.07 Å². The molecular formula is C24H27ClN10O2S. The van der Waals surface area contributed by atoms with E-state index in [1.807, 2.05) is 0 Å². The van der Waals surface area contributed by atoms with Gasteiger partial charge in [0.25, 0.3) is 0 Å². The molecule has 38 heavy (non-hydrogen) atoms.